The summed E-state index contributed by atoms with van der Waals surface area (Å²) in [5, 5.41) is 2.78. The van der Waals surface area contributed by atoms with Crippen molar-refractivity contribution in [2.45, 2.75) is 32.9 Å². The fraction of sp³-hybridized carbons (Fsp3) is 0.375. The molecule has 1 unspecified atom stereocenters. The Hall–Kier alpha value is -2.10. The second-order valence-corrected chi connectivity index (χ2v) is 5.58. The number of alkyl carbamates (subject to hydrolysis) is 1. The molecule has 4 nitrogen and oxygen atoms in total. The van der Waals surface area contributed by atoms with Gasteiger partial charge in [-0.3, -0.25) is 4.79 Å². The van der Waals surface area contributed by atoms with Gasteiger partial charge in [0.1, 0.15) is 6.61 Å². The molecule has 0 spiro atoms. The lowest BCUT2D eigenvalue weighted by atomic mass is 9.78. The first-order valence-corrected chi connectivity index (χ1v) is 6.67. The molecular formula is C16H19NO3. The maximum absolute atomic E-state index is 11.8. The van der Waals surface area contributed by atoms with Gasteiger partial charge in [0, 0.05) is 17.9 Å². The Morgan fingerprint density at radius 3 is 2.75 bits per heavy atom. The zero-order valence-electron chi connectivity index (χ0n) is 11.8. The Balaban J connectivity index is 1.88. The Morgan fingerprint density at radius 2 is 2.05 bits per heavy atom. The maximum Gasteiger partial charge on any atom is 0.407 e. The Morgan fingerprint density at radius 1 is 1.35 bits per heavy atom. The lowest BCUT2D eigenvalue weighted by molar-refractivity contribution is -0.116. The second-order valence-electron chi connectivity index (χ2n) is 5.58. The molecule has 0 bridgehead atoms. The summed E-state index contributed by atoms with van der Waals surface area (Å²) in [7, 11) is 0. The van der Waals surface area contributed by atoms with Crippen molar-refractivity contribution < 1.29 is 14.3 Å². The quantitative estimate of drug-likeness (QED) is 0.921. The number of allylic oxidation sites excluding steroid dienone is 1. The van der Waals surface area contributed by atoms with Gasteiger partial charge in [-0.25, -0.2) is 4.79 Å². The SMILES string of the molecule is CC1(C)C=CC(=O)CC1NC(=O)OCc1ccccc1. The lowest BCUT2D eigenvalue weighted by Crippen LogP contribution is -2.47. The van der Waals surface area contributed by atoms with E-state index in [2.05, 4.69) is 5.32 Å². The van der Waals surface area contributed by atoms with Gasteiger partial charge in [-0.1, -0.05) is 50.3 Å². The predicted octanol–water partition coefficient (Wildman–Crippen LogP) is 2.84. The standard InChI is InChI=1S/C16H19NO3/c1-16(2)9-8-13(18)10-14(16)17-15(19)20-11-12-6-4-3-5-7-12/h3-9,14H,10-11H2,1-2H3,(H,17,19). The number of carbonyl (C=O) groups is 2. The third-order valence-corrected chi connectivity index (χ3v) is 3.51. The van der Waals surface area contributed by atoms with Crippen molar-refractivity contribution in [2.24, 2.45) is 5.41 Å². The van der Waals surface area contributed by atoms with Crippen LogP contribution in [0.15, 0.2) is 42.5 Å². The van der Waals surface area contributed by atoms with E-state index in [0.717, 1.165) is 5.56 Å². The highest BCUT2D eigenvalue weighted by molar-refractivity contribution is 5.91. The molecule has 1 aliphatic rings. The predicted molar refractivity (Wildman–Crippen MR) is 76.1 cm³/mol. The molecule has 0 aliphatic heterocycles. The van der Waals surface area contributed by atoms with Crippen LogP contribution < -0.4 is 5.32 Å². The molecule has 1 N–H and O–H groups in total. The molecule has 1 aliphatic carbocycles. The van der Waals surface area contributed by atoms with Crippen LogP contribution in [-0.2, 0) is 16.1 Å². The normalized spacial score (nSPS) is 20.5. The minimum atomic E-state index is -0.491. The maximum atomic E-state index is 11.8. The molecule has 1 aromatic carbocycles. The number of rotatable bonds is 3. The van der Waals surface area contributed by atoms with Crippen LogP contribution in [0.4, 0.5) is 4.79 Å². The monoisotopic (exact) mass is 273 g/mol. The average Bonchev–Trinajstić information content (AvgIpc) is 2.42. The van der Waals surface area contributed by atoms with E-state index in [0.29, 0.717) is 6.42 Å². The van der Waals surface area contributed by atoms with Crippen molar-refractivity contribution >= 4 is 11.9 Å². The third-order valence-electron chi connectivity index (χ3n) is 3.51. The minimum absolute atomic E-state index is 0.0256. The molecule has 0 radical (unpaired) electrons. The Bertz CT molecular complexity index is 520. The fourth-order valence-electron chi connectivity index (χ4n) is 2.10. The first-order valence-electron chi connectivity index (χ1n) is 6.67. The number of hydrogen-bond donors (Lipinski definition) is 1. The number of ether oxygens (including phenoxy) is 1. The molecule has 20 heavy (non-hydrogen) atoms. The molecule has 0 heterocycles. The highest BCUT2D eigenvalue weighted by Gasteiger charge is 2.33. The summed E-state index contributed by atoms with van der Waals surface area (Å²) in [6, 6.07) is 9.25. The summed E-state index contributed by atoms with van der Waals surface area (Å²) in [5.41, 5.74) is 0.682. The van der Waals surface area contributed by atoms with Crippen molar-refractivity contribution in [3.05, 3.63) is 48.0 Å². The van der Waals surface area contributed by atoms with Crippen LogP contribution in [-0.4, -0.2) is 17.9 Å². The van der Waals surface area contributed by atoms with Gasteiger partial charge in [0.25, 0.3) is 0 Å². The summed E-state index contributed by atoms with van der Waals surface area (Å²) in [6.45, 7) is 4.19. The van der Waals surface area contributed by atoms with E-state index in [1.807, 2.05) is 50.3 Å². The molecule has 0 saturated heterocycles. The smallest absolute Gasteiger partial charge is 0.407 e. The average molecular weight is 273 g/mol. The van der Waals surface area contributed by atoms with Crippen molar-refractivity contribution in [2.75, 3.05) is 0 Å². The number of amides is 1. The van der Waals surface area contributed by atoms with Crippen LogP contribution in [0.25, 0.3) is 0 Å². The van der Waals surface area contributed by atoms with Crippen LogP contribution in [0.2, 0.25) is 0 Å². The molecule has 2 rings (SSSR count). The van der Waals surface area contributed by atoms with Gasteiger partial charge < -0.3 is 10.1 Å². The summed E-state index contributed by atoms with van der Waals surface area (Å²) in [5.74, 6) is 0.0256. The van der Waals surface area contributed by atoms with Crippen molar-refractivity contribution in [1.82, 2.24) is 5.32 Å². The van der Waals surface area contributed by atoms with E-state index in [4.69, 9.17) is 4.74 Å². The van der Waals surface area contributed by atoms with Gasteiger partial charge in [-0.2, -0.15) is 0 Å². The summed E-state index contributed by atoms with van der Waals surface area (Å²) in [6.07, 6.45) is 3.23. The van der Waals surface area contributed by atoms with E-state index in [1.165, 1.54) is 0 Å². The Kier molecular flexibility index (Phi) is 4.23. The van der Waals surface area contributed by atoms with Gasteiger partial charge in [0.15, 0.2) is 5.78 Å². The molecule has 4 heteroatoms. The zero-order chi connectivity index (χ0) is 14.6. The van der Waals surface area contributed by atoms with E-state index in [9.17, 15) is 9.59 Å². The van der Waals surface area contributed by atoms with Gasteiger partial charge in [-0.05, 0) is 11.6 Å². The molecule has 1 atom stereocenters. The highest BCUT2D eigenvalue weighted by Crippen LogP contribution is 2.28. The topological polar surface area (TPSA) is 55.4 Å². The third kappa shape index (κ3) is 3.70. The van der Waals surface area contributed by atoms with Crippen molar-refractivity contribution in [1.29, 1.82) is 0 Å². The number of benzene rings is 1. The molecule has 0 aromatic heterocycles. The Labute approximate surface area is 118 Å². The number of nitrogens with one attached hydrogen (secondary N) is 1. The highest BCUT2D eigenvalue weighted by atomic mass is 16.5. The molecule has 106 valence electrons. The van der Waals surface area contributed by atoms with Crippen molar-refractivity contribution in [3.63, 3.8) is 0 Å². The van der Waals surface area contributed by atoms with Gasteiger partial charge in [0.05, 0.1) is 0 Å². The number of carbonyl (C=O) groups excluding carboxylic acids is 2. The summed E-state index contributed by atoms with van der Waals surface area (Å²) >= 11 is 0. The van der Waals surface area contributed by atoms with E-state index in [-0.39, 0.29) is 23.8 Å². The van der Waals surface area contributed by atoms with Crippen LogP contribution in [0.5, 0.6) is 0 Å². The van der Waals surface area contributed by atoms with Crippen LogP contribution >= 0.6 is 0 Å². The molecular weight excluding hydrogens is 254 g/mol. The summed E-state index contributed by atoms with van der Waals surface area (Å²) in [4.78, 5) is 23.3. The first kappa shape index (κ1) is 14.3. The van der Waals surface area contributed by atoms with Crippen LogP contribution in [0.3, 0.4) is 0 Å². The first-order chi connectivity index (χ1) is 9.47. The molecule has 1 amide bonds. The van der Waals surface area contributed by atoms with Gasteiger partial charge in [-0.15, -0.1) is 0 Å². The molecule has 0 fully saturated rings. The van der Waals surface area contributed by atoms with Crippen LogP contribution in [0.1, 0.15) is 25.8 Å². The van der Waals surface area contributed by atoms with E-state index in [1.54, 1.807) is 6.08 Å². The van der Waals surface area contributed by atoms with E-state index >= 15 is 0 Å². The van der Waals surface area contributed by atoms with Crippen LogP contribution in [0, 0.1) is 5.41 Å². The fourth-order valence-corrected chi connectivity index (χ4v) is 2.10. The zero-order valence-corrected chi connectivity index (χ0v) is 11.8. The number of hydrogen-bond acceptors (Lipinski definition) is 3. The van der Waals surface area contributed by atoms with Gasteiger partial charge in [0.2, 0.25) is 0 Å². The van der Waals surface area contributed by atoms with Gasteiger partial charge >= 0.3 is 6.09 Å². The van der Waals surface area contributed by atoms with E-state index < -0.39 is 6.09 Å². The minimum Gasteiger partial charge on any atom is -0.445 e. The largest absolute Gasteiger partial charge is 0.445 e. The molecule has 0 saturated carbocycles. The van der Waals surface area contributed by atoms with Crippen molar-refractivity contribution in [3.8, 4) is 0 Å². The lowest BCUT2D eigenvalue weighted by Gasteiger charge is -2.34. The summed E-state index contributed by atoms with van der Waals surface area (Å²) < 4.78 is 5.17. The molecule has 1 aromatic rings. The number of ketones is 1. The second kappa shape index (κ2) is 5.90.